The summed E-state index contributed by atoms with van der Waals surface area (Å²) >= 11 is 0. The molecule has 0 aromatic rings. The Balaban J connectivity index is 2.12. The van der Waals surface area contributed by atoms with Crippen molar-refractivity contribution >= 4 is 11.9 Å². The van der Waals surface area contributed by atoms with Gasteiger partial charge in [-0.3, -0.25) is 4.79 Å². The summed E-state index contributed by atoms with van der Waals surface area (Å²) in [6.07, 6.45) is 4.00. The molecule has 5 heteroatoms. The number of carbonyl (C=O) groups excluding carboxylic acids is 1. The number of rotatable bonds is 3. The molecule has 3 N–H and O–H groups in total. The minimum absolute atomic E-state index is 0.0360. The zero-order valence-corrected chi connectivity index (χ0v) is 9.32. The Kier molecular flexibility index (Phi) is 2.88. The normalized spacial score (nSPS) is 27.6. The largest absolute Gasteiger partial charge is 0.480 e. The van der Waals surface area contributed by atoms with Gasteiger partial charge in [0.15, 0.2) is 0 Å². The zero-order chi connectivity index (χ0) is 11.8. The number of carboxylic acids is 1. The van der Waals surface area contributed by atoms with Crippen molar-refractivity contribution < 1.29 is 14.7 Å². The Hall–Kier alpha value is -1.10. The molecule has 5 nitrogen and oxygen atoms in total. The maximum atomic E-state index is 12.3. The van der Waals surface area contributed by atoms with Crippen molar-refractivity contribution in [3.63, 3.8) is 0 Å². The van der Waals surface area contributed by atoms with Gasteiger partial charge in [-0.15, -0.1) is 0 Å². The second kappa shape index (κ2) is 4.05. The van der Waals surface area contributed by atoms with E-state index in [0.717, 1.165) is 25.7 Å². The van der Waals surface area contributed by atoms with Gasteiger partial charge >= 0.3 is 5.97 Å². The van der Waals surface area contributed by atoms with Crippen LogP contribution in [0.3, 0.4) is 0 Å². The van der Waals surface area contributed by atoms with Crippen LogP contribution < -0.4 is 5.73 Å². The number of carboxylic acid groups (broad SMARTS) is 1. The second-order valence-corrected chi connectivity index (χ2v) is 4.83. The molecule has 2 rings (SSSR count). The van der Waals surface area contributed by atoms with Gasteiger partial charge in [-0.05, 0) is 25.7 Å². The molecule has 0 aromatic carbocycles. The molecule has 0 aromatic heterocycles. The van der Waals surface area contributed by atoms with Gasteiger partial charge in [0, 0.05) is 13.1 Å². The highest BCUT2D eigenvalue weighted by molar-refractivity contribution is 5.88. The maximum Gasteiger partial charge on any atom is 0.326 e. The monoisotopic (exact) mass is 226 g/mol. The van der Waals surface area contributed by atoms with E-state index >= 15 is 0 Å². The molecule has 1 unspecified atom stereocenters. The Morgan fingerprint density at radius 2 is 2.06 bits per heavy atom. The van der Waals surface area contributed by atoms with Crippen LogP contribution in [0.15, 0.2) is 0 Å². The van der Waals surface area contributed by atoms with E-state index in [1.165, 1.54) is 4.90 Å². The first kappa shape index (κ1) is 11.4. The molecule has 90 valence electrons. The van der Waals surface area contributed by atoms with Crippen molar-refractivity contribution in [2.75, 3.05) is 13.1 Å². The molecule has 0 radical (unpaired) electrons. The van der Waals surface area contributed by atoms with Gasteiger partial charge in [0.1, 0.15) is 6.04 Å². The summed E-state index contributed by atoms with van der Waals surface area (Å²) < 4.78 is 0. The Bertz CT molecular complexity index is 307. The molecule has 1 saturated heterocycles. The van der Waals surface area contributed by atoms with Crippen LogP contribution in [0.1, 0.15) is 32.1 Å². The van der Waals surface area contributed by atoms with E-state index < -0.39 is 17.4 Å². The molecule has 1 aliphatic carbocycles. The number of aliphatic carboxylic acids is 1. The number of hydrogen-bond donors (Lipinski definition) is 2. The molecular weight excluding hydrogens is 208 g/mol. The predicted octanol–water partition coefficient (Wildman–Crippen LogP) is 0.191. The van der Waals surface area contributed by atoms with Crippen molar-refractivity contribution in [3.8, 4) is 0 Å². The number of carbonyl (C=O) groups is 2. The van der Waals surface area contributed by atoms with E-state index in [2.05, 4.69) is 0 Å². The third-order valence-electron chi connectivity index (χ3n) is 3.95. The molecule has 0 spiro atoms. The van der Waals surface area contributed by atoms with Crippen LogP contribution in [0.2, 0.25) is 0 Å². The molecule has 16 heavy (non-hydrogen) atoms. The van der Waals surface area contributed by atoms with E-state index in [1.54, 1.807) is 0 Å². The summed E-state index contributed by atoms with van der Waals surface area (Å²) in [5.41, 5.74) is 5.22. The van der Waals surface area contributed by atoms with E-state index in [0.29, 0.717) is 19.5 Å². The molecular formula is C11H18N2O3. The quantitative estimate of drug-likeness (QED) is 0.719. The Labute approximate surface area is 94.6 Å². The molecule has 1 amide bonds. The van der Waals surface area contributed by atoms with Crippen LogP contribution in [-0.2, 0) is 9.59 Å². The first-order chi connectivity index (χ1) is 7.60. The third-order valence-corrected chi connectivity index (χ3v) is 3.95. The molecule has 1 aliphatic heterocycles. The fourth-order valence-electron chi connectivity index (χ4n) is 2.68. The fourth-order valence-corrected chi connectivity index (χ4v) is 2.68. The van der Waals surface area contributed by atoms with E-state index in [4.69, 9.17) is 10.8 Å². The van der Waals surface area contributed by atoms with Gasteiger partial charge in [-0.2, -0.15) is 0 Å². The number of amides is 1. The van der Waals surface area contributed by atoms with Gasteiger partial charge in [-0.25, -0.2) is 4.79 Å². The van der Waals surface area contributed by atoms with Gasteiger partial charge in [-0.1, -0.05) is 6.42 Å². The van der Waals surface area contributed by atoms with Crippen LogP contribution in [0, 0.1) is 5.41 Å². The number of hydrogen-bond acceptors (Lipinski definition) is 3. The minimum atomic E-state index is -0.891. The molecule has 2 fully saturated rings. The average molecular weight is 226 g/mol. The topological polar surface area (TPSA) is 83.6 Å². The second-order valence-electron chi connectivity index (χ2n) is 4.83. The van der Waals surface area contributed by atoms with Gasteiger partial charge in [0.2, 0.25) is 5.91 Å². The smallest absolute Gasteiger partial charge is 0.326 e. The first-order valence-corrected chi connectivity index (χ1v) is 5.85. The molecule has 1 heterocycles. The van der Waals surface area contributed by atoms with Crippen LogP contribution in [-0.4, -0.2) is 41.0 Å². The van der Waals surface area contributed by atoms with Crippen molar-refractivity contribution in [2.24, 2.45) is 11.1 Å². The third kappa shape index (κ3) is 1.59. The molecule has 1 saturated carbocycles. The molecule has 1 atom stereocenters. The number of nitrogens with two attached hydrogens (primary N) is 1. The SMILES string of the molecule is NCC1(C(=O)N2CCCC2C(=O)O)CCC1. The van der Waals surface area contributed by atoms with Crippen LogP contribution >= 0.6 is 0 Å². The predicted molar refractivity (Wildman–Crippen MR) is 57.7 cm³/mol. The minimum Gasteiger partial charge on any atom is -0.480 e. The lowest BCUT2D eigenvalue weighted by molar-refractivity contribution is -0.155. The summed E-state index contributed by atoms with van der Waals surface area (Å²) in [6, 6.07) is -0.628. The summed E-state index contributed by atoms with van der Waals surface area (Å²) in [5.74, 6) is -0.927. The number of nitrogens with zero attached hydrogens (tertiary/aromatic N) is 1. The highest BCUT2D eigenvalue weighted by Gasteiger charge is 2.48. The fraction of sp³-hybridized carbons (Fsp3) is 0.818. The van der Waals surface area contributed by atoms with E-state index in [9.17, 15) is 9.59 Å². The Morgan fingerprint density at radius 3 is 2.50 bits per heavy atom. The van der Waals surface area contributed by atoms with Crippen molar-refractivity contribution in [1.29, 1.82) is 0 Å². The van der Waals surface area contributed by atoms with Gasteiger partial charge < -0.3 is 15.7 Å². The van der Waals surface area contributed by atoms with Crippen molar-refractivity contribution in [2.45, 2.75) is 38.1 Å². The summed E-state index contributed by atoms with van der Waals surface area (Å²) in [4.78, 5) is 24.8. The lowest BCUT2D eigenvalue weighted by Crippen LogP contribution is -2.54. The van der Waals surface area contributed by atoms with Gasteiger partial charge in [0.05, 0.1) is 5.41 Å². The van der Waals surface area contributed by atoms with Crippen LogP contribution in [0.25, 0.3) is 0 Å². The average Bonchev–Trinajstić information content (AvgIpc) is 2.64. The summed E-state index contributed by atoms with van der Waals surface area (Å²) in [5, 5.41) is 9.04. The maximum absolute atomic E-state index is 12.3. The van der Waals surface area contributed by atoms with Crippen LogP contribution in [0.5, 0.6) is 0 Å². The summed E-state index contributed by atoms with van der Waals surface area (Å²) in [7, 11) is 0. The van der Waals surface area contributed by atoms with Crippen molar-refractivity contribution in [1.82, 2.24) is 4.90 Å². The first-order valence-electron chi connectivity index (χ1n) is 5.85. The van der Waals surface area contributed by atoms with E-state index in [1.807, 2.05) is 0 Å². The zero-order valence-electron chi connectivity index (χ0n) is 9.32. The lowest BCUT2D eigenvalue weighted by atomic mass is 9.67. The highest BCUT2D eigenvalue weighted by Crippen LogP contribution is 2.42. The lowest BCUT2D eigenvalue weighted by Gasteiger charge is -2.42. The van der Waals surface area contributed by atoms with Crippen LogP contribution in [0.4, 0.5) is 0 Å². The van der Waals surface area contributed by atoms with Crippen molar-refractivity contribution in [3.05, 3.63) is 0 Å². The number of likely N-dealkylation sites (tertiary alicyclic amines) is 1. The van der Waals surface area contributed by atoms with Gasteiger partial charge in [0.25, 0.3) is 0 Å². The standard InChI is InChI=1S/C11H18N2O3/c12-7-11(4-2-5-11)10(16)13-6-1-3-8(13)9(14)15/h8H,1-7,12H2,(H,14,15). The Morgan fingerprint density at radius 1 is 1.38 bits per heavy atom. The highest BCUT2D eigenvalue weighted by atomic mass is 16.4. The summed E-state index contributed by atoms with van der Waals surface area (Å²) in [6.45, 7) is 0.909. The van der Waals surface area contributed by atoms with E-state index in [-0.39, 0.29) is 5.91 Å². The molecule has 0 bridgehead atoms. The molecule has 2 aliphatic rings.